The van der Waals surface area contributed by atoms with Gasteiger partial charge in [-0.3, -0.25) is 9.59 Å². The van der Waals surface area contributed by atoms with Crippen LogP contribution in [0.5, 0.6) is 0 Å². The zero-order valence-electron chi connectivity index (χ0n) is 16.5. The zero-order valence-corrected chi connectivity index (χ0v) is 16.5. The molecule has 1 aromatic rings. The SMILES string of the molecule is CC(C)C(=O)N(CC(=O)N(Cc1cccn1C)C1CC1)C1CCCCC1. The first kappa shape index (κ1) is 19.0. The molecule has 0 bridgehead atoms. The maximum Gasteiger partial charge on any atom is 0.242 e. The Bertz CT molecular complexity index is 627. The Morgan fingerprint density at radius 2 is 1.73 bits per heavy atom. The smallest absolute Gasteiger partial charge is 0.242 e. The van der Waals surface area contributed by atoms with E-state index in [0.29, 0.717) is 12.6 Å². The van der Waals surface area contributed by atoms with E-state index >= 15 is 0 Å². The summed E-state index contributed by atoms with van der Waals surface area (Å²) in [7, 11) is 2.02. The number of carbonyl (C=O) groups excluding carboxylic acids is 2. The molecule has 2 fully saturated rings. The number of aromatic nitrogens is 1. The van der Waals surface area contributed by atoms with Crippen molar-refractivity contribution in [1.82, 2.24) is 14.4 Å². The van der Waals surface area contributed by atoms with Crippen LogP contribution in [-0.2, 0) is 23.2 Å². The summed E-state index contributed by atoms with van der Waals surface area (Å²) in [5, 5.41) is 0. The van der Waals surface area contributed by atoms with E-state index in [1.807, 2.05) is 43.0 Å². The Kier molecular flexibility index (Phi) is 6.05. The number of amides is 2. The molecule has 3 rings (SSSR count). The molecule has 0 radical (unpaired) electrons. The van der Waals surface area contributed by atoms with Gasteiger partial charge in [-0.25, -0.2) is 0 Å². The third kappa shape index (κ3) is 4.49. The molecule has 0 saturated heterocycles. The largest absolute Gasteiger partial charge is 0.353 e. The predicted molar refractivity (Wildman–Crippen MR) is 102 cm³/mol. The molecule has 2 amide bonds. The van der Waals surface area contributed by atoms with Gasteiger partial charge in [-0.2, -0.15) is 0 Å². The average Bonchev–Trinajstić information content (AvgIpc) is 3.40. The van der Waals surface area contributed by atoms with E-state index in [9.17, 15) is 9.59 Å². The zero-order chi connectivity index (χ0) is 18.7. The standard InChI is InChI=1S/C21H33N3O2/c1-16(2)21(26)24(17-8-5-4-6-9-17)15-20(25)23(18-11-12-18)14-19-10-7-13-22(19)3/h7,10,13,16-18H,4-6,8-9,11-12,14-15H2,1-3H3. The van der Waals surface area contributed by atoms with Gasteiger partial charge in [-0.15, -0.1) is 0 Å². The van der Waals surface area contributed by atoms with Crippen molar-refractivity contribution in [3.8, 4) is 0 Å². The first-order valence-corrected chi connectivity index (χ1v) is 10.2. The van der Waals surface area contributed by atoms with Gasteiger partial charge in [0.05, 0.1) is 6.54 Å². The predicted octanol–water partition coefficient (Wildman–Crippen LogP) is 3.33. The number of hydrogen-bond donors (Lipinski definition) is 0. The van der Waals surface area contributed by atoms with E-state index in [-0.39, 0.29) is 30.3 Å². The monoisotopic (exact) mass is 359 g/mol. The summed E-state index contributed by atoms with van der Waals surface area (Å²) >= 11 is 0. The highest BCUT2D eigenvalue weighted by atomic mass is 16.2. The van der Waals surface area contributed by atoms with Crippen molar-refractivity contribution in [2.75, 3.05) is 6.54 Å². The molecule has 0 atom stereocenters. The lowest BCUT2D eigenvalue weighted by molar-refractivity contribution is -0.145. The minimum Gasteiger partial charge on any atom is -0.353 e. The van der Waals surface area contributed by atoms with E-state index in [1.54, 1.807) is 0 Å². The van der Waals surface area contributed by atoms with Crippen molar-refractivity contribution in [3.63, 3.8) is 0 Å². The molecule has 5 heteroatoms. The van der Waals surface area contributed by atoms with Crippen LogP contribution in [0.2, 0.25) is 0 Å². The van der Waals surface area contributed by atoms with Gasteiger partial charge in [0.15, 0.2) is 0 Å². The van der Waals surface area contributed by atoms with Gasteiger partial charge in [0.2, 0.25) is 11.8 Å². The van der Waals surface area contributed by atoms with Crippen LogP contribution in [0.3, 0.4) is 0 Å². The van der Waals surface area contributed by atoms with Gasteiger partial charge in [0.25, 0.3) is 0 Å². The number of nitrogens with zero attached hydrogens (tertiary/aromatic N) is 3. The van der Waals surface area contributed by atoms with Gasteiger partial charge in [-0.05, 0) is 37.8 Å². The Balaban J connectivity index is 1.72. The van der Waals surface area contributed by atoms with Crippen molar-refractivity contribution in [1.29, 1.82) is 0 Å². The Morgan fingerprint density at radius 3 is 2.27 bits per heavy atom. The third-order valence-corrected chi connectivity index (χ3v) is 5.79. The van der Waals surface area contributed by atoms with E-state index in [4.69, 9.17) is 0 Å². The Morgan fingerprint density at radius 1 is 1.08 bits per heavy atom. The van der Waals surface area contributed by atoms with Crippen LogP contribution in [0.4, 0.5) is 0 Å². The molecule has 0 aromatic carbocycles. The van der Waals surface area contributed by atoms with Crippen molar-refractivity contribution in [2.45, 2.75) is 77.4 Å². The fourth-order valence-corrected chi connectivity index (χ4v) is 3.99. The molecule has 144 valence electrons. The maximum absolute atomic E-state index is 13.2. The minimum absolute atomic E-state index is 0.0630. The summed E-state index contributed by atoms with van der Waals surface area (Å²) in [6, 6.07) is 4.67. The molecule has 5 nitrogen and oxygen atoms in total. The summed E-state index contributed by atoms with van der Waals surface area (Å²) in [6.45, 7) is 4.75. The molecule has 1 aromatic heterocycles. The summed E-state index contributed by atoms with van der Waals surface area (Å²) in [4.78, 5) is 29.9. The lowest BCUT2D eigenvalue weighted by Gasteiger charge is -2.36. The van der Waals surface area contributed by atoms with Gasteiger partial charge in [-0.1, -0.05) is 33.1 Å². The molecule has 0 spiro atoms. The second-order valence-electron chi connectivity index (χ2n) is 8.28. The number of carbonyl (C=O) groups is 2. The molecular formula is C21H33N3O2. The van der Waals surface area contributed by atoms with Crippen LogP contribution >= 0.6 is 0 Å². The Hall–Kier alpha value is -1.78. The molecule has 0 N–H and O–H groups in total. The normalized spacial score (nSPS) is 18.2. The highest BCUT2D eigenvalue weighted by Gasteiger charge is 2.36. The van der Waals surface area contributed by atoms with E-state index < -0.39 is 0 Å². The molecule has 0 aliphatic heterocycles. The Labute approximate surface area is 157 Å². The van der Waals surface area contributed by atoms with Crippen molar-refractivity contribution in [3.05, 3.63) is 24.0 Å². The number of hydrogen-bond acceptors (Lipinski definition) is 2. The van der Waals surface area contributed by atoms with Gasteiger partial charge >= 0.3 is 0 Å². The topological polar surface area (TPSA) is 45.6 Å². The van der Waals surface area contributed by atoms with Crippen LogP contribution in [-0.4, -0.2) is 44.8 Å². The molecule has 0 unspecified atom stereocenters. The second-order valence-corrected chi connectivity index (χ2v) is 8.28. The van der Waals surface area contributed by atoms with E-state index in [2.05, 4.69) is 10.6 Å². The molecule has 1 heterocycles. The number of aryl methyl sites for hydroxylation is 1. The molecule has 26 heavy (non-hydrogen) atoms. The molecule has 2 aliphatic rings. The molecular weight excluding hydrogens is 326 g/mol. The quantitative estimate of drug-likeness (QED) is 0.749. The minimum atomic E-state index is -0.0630. The van der Waals surface area contributed by atoms with Crippen LogP contribution in [0.15, 0.2) is 18.3 Å². The van der Waals surface area contributed by atoms with Crippen LogP contribution in [0, 0.1) is 5.92 Å². The van der Waals surface area contributed by atoms with Crippen LogP contribution in [0.1, 0.15) is 64.5 Å². The molecule has 2 saturated carbocycles. The van der Waals surface area contributed by atoms with Crippen molar-refractivity contribution < 1.29 is 9.59 Å². The highest BCUT2D eigenvalue weighted by Crippen LogP contribution is 2.30. The summed E-state index contributed by atoms with van der Waals surface area (Å²) in [6.07, 6.45) is 9.82. The number of rotatable bonds is 7. The summed E-state index contributed by atoms with van der Waals surface area (Å²) < 4.78 is 2.07. The summed E-state index contributed by atoms with van der Waals surface area (Å²) in [5.41, 5.74) is 1.14. The first-order chi connectivity index (χ1) is 12.5. The van der Waals surface area contributed by atoms with E-state index in [1.165, 1.54) is 6.42 Å². The fraction of sp³-hybridized carbons (Fsp3) is 0.714. The lowest BCUT2D eigenvalue weighted by atomic mass is 9.93. The highest BCUT2D eigenvalue weighted by molar-refractivity contribution is 5.86. The fourth-order valence-electron chi connectivity index (χ4n) is 3.99. The van der Waals surface area contributed by atoms with Gasteiger partial charge in [0.1, 0.15) is 6.54 Å². The molecule has 2 aliphatic carbocycles. The second kappa shape index (κ2) is 8.28. The average molecular weight is 360 g/mol. The van der Waals surface area contributed by atoms with Crippen LogP contribution < -0.4 is 0 Å². The third-order valence-electron chi connectivity index (χ3n) is 5.79. The van der Waals surface area contributed by atoms with Crippen LogP contribution in [0.25, 0.3) is 0 Å². The first-order valence-electron chi connectivity index (χ1n) is 10.2. The van der Waals surface area contributed by atoms with Gasteiger partial charge in [0, 0.05) is 36.9 Å². The maximum atomic E-state index is 13.2. The van der Waals surface area contributed by atoms with Gasteiger partial charge < -0.3 is 14.4 Å². The lowest BCUT2D eigenvalue weighted by Crippen LogP contribution is -2.49. The summed E-state index contributed by atoms with van der Waals surface area (Å²) in [5.74, 6) is 0.167. The van der Waals surface area contributed by atoms with E-state index in [0.717, 1.165) is 44.2 Å². The van der Waals surface area contributed by atoms with Crippen molar-refractivity contribution in [2.24, 2.45) is 13.0 Å². The van der Waals surface area contributed by atoms with Crippen molar-refractivity contribution >= 4 is 11.8 Å².